The van der Waals surface area contributed by atoms with Crippen molar-refractivity contribution in [2.75, 3.05) is 25.0 Å². The Kier molecular flexibility index (Phi) is 7.35. The third-order valence-corrected chi connectivity index (χ3v) is 6.61. The van der Waals surface area contributed by atoms with Crippen molar-refractivity contribution in [2.45, 2.75) is 32.2 Å². The largest absolute Gasteiger partial charge is 0.462 e. The van der Waals surface area contributed by atoms with Crippen LogP contribution in [0.25, 0.3) is 11.1 Å². The Bertz CT molecular complexity index is 1040. The van der Waals surface area contributed by atoms with Gasteiger partial charge in [0.25, 0.3) is 0 Å². The van der Waals surface area contributed by atoms with Crippen LogP contribution in [0, 0.1) is 0 Å². The van der Waals surface area contributed by atoms with Crippen LogP contribution in [0.2, 0.25) is 0 Å². The highest BCUT2D eigenvalue weighted by atomic mass is 32.1. The monoisotopic (exact) mass is 448 g/mol. The molecule has 166 valence electrons. The zero-order valence-corrected chi connectivity index (χ0v) is 19.1. The average Bonchev–Trinajstić information content (AvgIpc) is 3.25. The van der Waals surface area contributed by atoms with E-state index >= 15 is 0 Å². The van der Waals surface area contributed by atoms with Crippen LogP contribution in [-0.4, -0.2) is 36.5 Å². The molecule has 3 aromatic rings. The number of esters is 1. The number of anilines is 1. The van der Waals surface area contributed by atoms with Crippen LogP contribution in [0.15, 0.2) is 66.0 Å². The molecule has 0 saturated carbocycles. The summed E-state index contributed by atoms with van der Waals surface area (Å²) in [5.74, 6) is -0.540. The molecule has 1 fully saturated rings. The lowest BCUT2D eigenvalue weighted by atomic mass is 10.0. The number of carbonyl (C=O) groups excluding carboxylic acids is 2. The molecule has 4 rings (SSSR count). The van der Waals surface area contributed by atoms with Crippen LogP contribution in [-0.2, 0) is 9.53 Å². The molecule has 0 spiro atoms. The van der Waals surface area contributed by atoms with E-state index in [1.807, 2.05) is 66.0 Å². The van der Waals surface area contributed by atoms with E-state index in [1.165, 1.54) is 17.8 Å². The van der Waals surface area contributed by atoms with E-state index in [2.05, 4.69) is 10.2 Å². The molecule has 2 aromatic carbocycles. The van der Waals surface area contributed by atoms with E-state index in [4.69, 9.17) is 4.74 Å². The van der Waals surface area contributed by atoms with E-state index in [9.17, 15) is 9.59 Å². The quantitative estimate of drug-likeness (QED) is 0.467. The summed E-state index contributed by atoms with van der Waals surface area (Å²) < 4.78 is 5.34. The molecule has 1 amide bonds. The maximum absolute atomic E-state index is 13.6. The van der Waals surface area contributed by atoms with Gasteiger partial charge in [0.1, 0.15) is 16.6 Å². The molecule has 1 N–H and O–H groups in total. The van der Waals surface area contributed by atoms with Crippen molar-refractivity contribution in [1.29, 1.82) is 0 Å². The summed E-state index contributed by atoms with van der Waals surface area (Å²) in [5, 5.41) is 5.52. The highest BCUT2D eigenvalue weighted by Gasteiger charge is 2.31. The molecule has 6 heteroatoms. The Morgan fingerprint density at radius 2 is 1.66 bits per heavy atom. The maximum atomic E-state index is 13.6. The van der Waals surface area contributed by atoms with Gasteiger partial charge in [0.15, 0.2) is 0 Å². The summed E-state index contributed by atoms with van der Waals surface area (Å²) in [5.41, 5.74) is 3.08. The maximum Gasteiger partial charge on any atom is 0.341 e. The number of thiophene rings is 1. The Hall–Kier alpha value is -2.96. The minimum Gasteiger partial charge on any atom is -0.462 e. The smallest absolute Gasteiger partial charge is 0.341 e. The zero-order chi connectivity index (χ0) is 22.3. The number of rotatable bonds is 7. The number of carbonyl (C=O) groups is 2. The number of ether oxygens (including phenoxy) is 1. The summed E-state index contributed by atoms with van der Waals surface area (Å²) in [7, 11) is 0. The summed E-state index contributed by atoms with van der Waals surface area (Å²) in [4.78, 5) is 28.7. The zero-order valence-electron chi connectivity index (χ0n) is 18.3. The van der Waals surface area contributed by atoms with Gasteiger partial charge >= 0.3 is 5.97 Å². The van der Waals surface area contributed by atoms with Crippen molar-refractivity contribution in [2.24, 2.45) is 0 Å². The third-order valence-electron chi connectivity index (χ3n) is 5.71. The summed E-state index contributed by atoms with van der Waals surface area (Å²) in [6.45, 7) is 3.83. The molecule has 1 aliphatic heterocycles. The topological polar surface area (TPSA) is 58.6 Å². The molecule has 32 heavy (non-hydrogen) atoms. The van der Waals surface area contributed by atoms with Gasteiger partial charge in [0.2, 0.25) is 5.91 Å². The molecular formula is C26H28N2O3S. The number of nitrogens with one attached hydrogen (secondary N) is 1. The summed E-state index contributed by atoms with van der Waals surface area (Å²) in [6, 6.07) is 19.2. The predicted octanol–water partition coefficient (Wildman–Crippen LogP) is 5.76. The molecule has 0 aliphatic carbocycles. The van der Waals surface area contributed by atoms with Crippen LogP contribution in [0.4, 0.5) is 5.00 Å². The first-order valence-electron chi connectivity index (χ1n) is 11.1. The van der Waals surface area contributed by atoms with Crippen LogP contribution < -0.4 is 5.32 Å². The number of nitrogens with zero attached hydrogens (tertiary/aromatic N) is 1. The third kappa shape index (κ3) is 4.92. The van der Waals surface area contributed by atoms with Crippen LogP contribution >= 0.6 is 11.3 Å². The van der Waals surface area contributed by atoms with Gasteiger partial charge in [0.05, 0.1) is 6.61 Å². The number of likely N-dealkylation sites (tertiary alicyclic amines) is 1. The van der Waals surface area contributed by atoms with E-state index in [1.54, 1.807) is 6.92 Å². The van der Waals surface area contributed by atoms with Gasteiger partial charge in [-0.3, -0.25) is 9.69 Å². The van der Waals surface area contributed by atoms with Crippen molar-refractivity contribution in [3.8, 4) is 11.1 Å². The molecule has 1 saturated heterocycles. The molecule has 1 aliphatic rings. The highest BCUT2D eigenvalue weighted by Crippen LogP contribution is 2.37. The van der Waals surface area contributed by atoms with Gasteiger partial charge in [-0.15, -0.1) is 11.3 Å². The second-order valence-corrected chi connectivity index (χ2v) is 8.72. The van der Waals surface area contributed by atoms with E-state index in [-0.39, 0.29) is 12.5 Å². The lowest BCUT2D eigenvalue weighted by Gasteiger charge is -2.33. The normalized spacial score (nSPS) is 15.2. The predicted molar refractivity (Wildman–Crippen MR) is 129 cm³/mol. The van der Waals surface area contributed by atoms with E-state index in [0.717, 1.165) is 42.6 Å². The molecule has 0 bridgehead atoms. The fourth-order valence-electron chi connectivity index (χ4n) is 4.21. The highest BCUT2D eigenvalue weighted by molar-refractivity contribution is 7.15. The van der Waals surface area contributed by atoms with Gasteiger partial charge in [-0.05, 0) is 44.0 Å². The fraction of sp³-hybridized carbons (Fsp3) is 0.308. The molecule has 0 radical (unpaired) electrons. The van der Waals surface area contributed by atoms with Crippen molar-refractivity contribution in [3.05, 3.63) is 77.2 Å². The van der Waals surface area contributed by atoms with Crippen molar-refractivity contribution in [1.82, 2.24) is 4.90 Å². The minimum atomic E-state index is -0.419. The molecular weight excluding hydrogens is 420 g/mol. The van der Waals surface area contributed by atoms with E-state index in [0.29, 0.717) is 10.6 Å². The van der Waals surface area contributed by atoms with Crippen molar-refractivity contribution >= 4 is 28.2 Å². The second kappa shape index (κ2) is 10.6. The van der Waals surface area contributed by atoms with E-state index < -0.39 is 12.0 Å². The van der Waals surface area contributed by atoms with Gasteiger partial charge in [-0.1, -0.05) is 67.1 Å². The first-order chi connectivity index (χ1) is 15.7. The summed E-state index contributed by atoms with van der Waals surface area (Å²) >= 11 is 1.36. The van der Waals surface area contributed by atoms with Gasteiger partial charge in [-0.2, -0.15) is 0 Å². The number of piperidine rings is 1. The SMILES string of the molecule is CCOC(=O)c1c(-c2ccccc2)csc1NC(=O)C(c1ccccc1)N1CCCCC1. The van der Waals surface area contributed by atoms with Crippen LogP contribution in [0.1, 0.15) is 48.1 Å². The molecule has 1 unspecified atom stereocenters. The standard InChI is InChI=1S/C26H28N2O3S/c1-2-31-26(30)22-21(19-12-6-3-7-13-19)18-32-25(22)27-24(29)23(20-14-8-4-9-15-20)28-16-10-5-11-17-28/h3-4,6-9,12-15,18,23H,2,5,10-11,16-17H2,1H3,(H,27,29). The first kappa shape index (κ1) is 22.2. The minimum absolute atomic E-state index is 0.120. The number of hydrogen-bond acceptors (Lipinski definition) is 5. The van der Waals surface area contributed by atoms with Gasteiger partial charge < -0.3 is 10.1 Å². The number of benzene rings is 2. The number of amides is 1. The Morgan fingerprint density at radius 3 is 2.31 bits per heavy atom. The lowest BCUT2D eigenvalue weighted by Crippen LogP contribution is -2.40. The number of hydrogen-bond donors (Lipinski definition) is 1. The Labute approximate surface area is 193 Å². The molecule has 2 heterocycles. The summed E-state index contributed by atoms with van der Waals surface area (Å²) in [6.07, 6.45) is 3.36. The Morgan fingerprint density at radius 1 is 1.00 bits per heavy atom. The van der Waals surface area contributed by atoms with Gasteiger partial charge in [0, 0.05) is 10.9 Å². The molecule has 1 aromatic heterocycles. The molecule has 1 atom stereocenters. The second-order valence-electron chi connectivity index (χ2n) is 7.84. The van der Waals surface area contributed by atoms with Crippen LogP contribution in [0.5, 0.6) is 0 Å². The first-order valence-corrected chi connectivity index (χ1v) is 12.0. The van der Waals surface area contributed by atoms with Gasteiger partial charge in [-0.25, -0.2) is 4.79 Å². The fourth-order valence-corrected chi connectivity index (χ4v) is 5.17. The lowest BCUT2D eigenvalue weighted by molar-refractivity contribution is -0.121. The average molecular weight is 449 g/mol. The molecule has 5 nitrogen and oxygen atoms in total. The van der Waals surface area contributed by atoms with Crippen LogP contribution in [0.3, 0.4) is 0 Å². The van der Waals surface area contributed by atoms with Crippen molar-refractivity contribution in [3.63, 3.8) is 0 Å². The Balaban J connectivity index is 1.67. The van der Waals surface area contributed by atoms with Crippen molar-refractivity contribution < 1.29 is 14.3 Å².